The highest BCUT2D eigenvalue weighted by Gasteiger charge is 2.45. The second kappa shape index (κ2) is 6.13. The van der Waals surface area contributed by atoms with Crippen LogP contribution in [0.4, 0.5) is 0 Å². The van der Waals surface area contributed by atoms with Crippen LogP contribution in [0.25, 0.3) is 0 Å². The molecule has 20 heavy (non-hydrogen) atoms. The van der Waals surface area contributed by atoms with Crippen molar-refractivity contribution < 1.29 is 19.4 Å². The number of carboxylic acid groups (broad SMARTS) is 1. The standard InChI is InChI=1S/C15H21NO4/c1-19-12-5-2-6-13(10-12)20-9-7-11-4-3-8-15(11,16)14(17)18/h2,5-6,10-11H,3-4,7-9,16H2,1H3,(H,17,18). The molecule has 1 fully saturated rings. The van der Waals surface area contributed by atoms with E-state index in [0.717, 1.165) is 24.3 Å². The van der Waals surface area contributed by atoms with E-state index in [-0.39, 0.29) is 5.92 Å². The van der Waals surface area contributed by atoms with Gasteiger partial charge in [0.05, 0.1) is 13.7 Å². The van der Waals surface area contributed by atoms with E-state index in [1.807, 2.05) is 24.3 Å². The van der Waals surface area contributed by atoms with E-state index in [2.05, 4.69) is 0 Å². The van der Waals surface area contributed by atoms with Crippen LogP contribution in [-0.2, 0) is 4.79 Å². The third-order valence-electron chi connectivity index (χ3n) is 4.05. The number of benzene rings is 1. The molecule has 0 spiro atoms. The van der Waals surface area contributed by atoms with Crippen LogP contribution in [0.15, 0.2) is 24.3 Å². The maximum absolute atomic E-state index is 11.3. The van der Waals surface area contributed by atoms with Gasteiger partial charge in [-0.1, -0.05) is 12.5 Å². The minimum atomic E-state index is -1.09. The van der Waals surface area contributed by atoms with Crippen molar-refractivity contribution in [2.45, 2.75) is 31.2 Å². The van der Waals surface area contributed by atoms with E-state index < -0.39 is 11.5 Å². The Hall–Kier alpha value is -1.75. The van der Waals surface area contributed by atoms with Crippen LogP contribution in [-0.4, -0.2) is 30.3 Å². The largest absolute Gasteiger partial charge is 0.497 e. The van der Waals surface area contributed by atoms with Gasteiger partial charge >= 0.3 is 5.97 Å². The van der Waals surface area contributed by atoms with Gasteiger partial charge in [-0.3, -0.25) is 4.79 Å². The summed E-state index contributed by atoms with van der Waals surface area (Å²) in [5, 5.41) is 9.25. The van der Waals surface area contributed by atoms with Gasteiger partial charge in [0.15, 0.2) is 0 Å². The Morgan fingerprint density at radius 2 is 2.25 bits per heavy atom. The van der Waals surface area contributed by atoms with Crippen LogP contribution < -0.4 is 15.2 Å². The fourth-order valence-electron chi connectivity index (χ4n) is 2.80. The Balaban J connectivity index is 1.88. The van der Waals surface area contributed by atoms with Crippen LogP contribution in [0.3, 0.4) is 0 Å². The Bertz CT molecular complexity index is 477. The summed E-state index contributed by atoms with van der Waals surface area (Å²) >= 11 is 0. The van der Waals surface area contributed by atoms with E-state index in [1.54, 1.807) is 7.11 Å². The summed E-state index contributed by atoms with van der Waals surface area (Å²) < 4.78 is 10.8. The molecule has 1 aromatic rings. The molecule has 2 rings (SSSR count). The average Bonchev–Trinajstić information content (AvgIpc) is 2.82. The van der Waals surface area contributed by atoms with Crippen molar-refractivity contribution in [1.29, 1.82) is 0 Å². The van der Waals surface area contributed by atoms with E-state index in [0.29, 0.717) is 19.4 Å². The molecule has 0 aromatic heterocycles. The predicted molar refractivity (Wildman–Crippen MR) is 75.0 cm³/mol. The maximum Gasteiger partial charge on any atom is 0.323 e. The van der Waals surface area contributed by atoms with Gasteiger partial charge in [0, 0.05) is 6.07 Å². The zero-order valence-corrected chi connectivity index (χ0v) is 11.7. The number of aliphatic carboxylic acids is 1. The number of nitrogens with two attached hydrogens (primary N) is 1. The van der Waals surface area contributed by atoms with Gasteiger partial charge in [0.2, 0.25) is 0 Å². The fraction of sp³-hybridized carbons (Fsp3) is 0.533. The first-order chi connectivity index (χ1) is 9.56. The monoisotopic (exact) mass is 279 g/mol. The molecule has 1 aliphatic carbocycles. The molecule has 1 saturated carbocycles. The van der Waals surface area contributed by atoms with Gasteiger partial charge < -0.3 is 20.3 Å². The van der Waals surface area contributed by atoms with Crippen molar-refractivity contribution in [2.75, 3.05) is 13.7 Å². The highest BCUT2D eigenvalue weighted by molar-refractivity contribution is 5.79. The van der Waals surface area contributed by atoms with E-state index in [9.17, 15) is 9.90 Å². The van der Waals surface area contributed by atoms with Crippen LogP contribution in [0.5, 0.6) is 11.5 Å². The number of carboxylic acids is 1. The van der Waals surface area contributed by atoms with Gasteiger partial charge in [-0.2, -0.15) is 0 Å². The Morgan fingerprint density at radius 3 is 2.95 bits per heavy atom. The normalized spacial score (nSPS) is 25.4. The number of carbonyl (C=O) groups is 1. The van der Waals surface area contributed by atoms with E-state index >= 15 is 0 Å². The molecule has 5 nitrogen and oxygen atoms in total. The zero-order valence-electron chi connectivity index (χ0n) is 11.7. The molecule has 0 bridgehead atoms. The fourth-order valence-corrected chi connectivity index (χ4v) is 2.80. The quantitative estimate of drug-likeness (QED) is 0.832. The van der Waals surface area contributed by atoms with Gasteiger partial charge in [0.25, 0.3) is 0 Å². The molecule has 2 atom stereocenters. The van der Waals surface area contributed by atoms with Crippen LogP contribution in [0, 0.1) is 5.92 Å². The molecule has 1 aliphatic rings. The van der Waals surface area contributed by atoms with Crippen LogP contribution in [0.1, 0.15) is 25.7 Å². The molecule has 110 valence electrons. The number of methoxy groups -OCH3 is 1. The lowest BCUT2D eigenvalue weighted by Crippen LogP contribution is -2.51. The summed E-state index contributed by atoms with van der Waals surface area (Å²) in [6.07, 6.45) is 2.92. The Morgan fingerprint density at radius 1 is 1.50 bits per heavy atom. The molecular formula is C15H21NO4. The summed E-state index contributed by atoms with van der Waals surface area (Å²) in [4.78, 5) is 11.3. The van der Waals surface area contributed by atoms with Gasteiger partial charge in [-0.25, -0.2) is 0 Å². The van der Waals surface area contributed by atoms with Crippen LogP contribution >= 0.6 is 0 Å². The number of ether oxygens (including phenoxy) is 2. The second-order valence-electron chi connectivity index (χ2n) is 5.25. The first-order valence-electron chi connectivity index (χ1n) is 6.85. The molecule has 0 amide bonds. The predicted octanol–water partition coefficient (Wildman–Crippen LogP) is 2.05. The van der Waals surface area contributed by atoms with E-state index in [4.69, 9.17) is 15.2 Å². The number of hydrogen-bond acceptors (Lipinski definition) is 4. The third kappa shape index (κ3) is 3.04. The highest BCUT2D eigenvalue weighted by atomic mass is 16.5. The first-order valence-corrected chi connectivity index (χ1v) is 6.85. The van der Waals surface area contributed by atoms with Crippen molar-refractivity contribution in [3.05, 3.63) is 24.3 Å². The molecule has 0 heterocycles. The number of hydrogen-bond donors (Lipinski definition) is 2. The van der Waals surface area contributed by atoms with Crippen molar-refractivity contribution >= 4 is 5.97 Å². The Kier molecular flexibility index (Phi) is 4.49. The summed E-state index contributed by atoms with van der Waals surface area (Å²) in [7, 11) is 1.60. The number of rotatable bonds is 6. The summed E-state index contributed by atoms with van der Waals surface area (Å²) in [6, 6.07) is 7.36. The molecule has 3 N–H and O–H groups in total. The molecule has 0 aliphatic heterocycles. The zero-order chi connectivity index (χ0) is 14.6. The van der Waals surface area contributed by atoms with Crippen LogP contribution in [0.2, 0.25) is 0 Å². The van der Waals surface area contributed by atoms with E-state index in [1.165, 1.54) is 0 Å². The maximum atomic E-state index is 11.3. The third-order valence-corrected chi connectivity index (χ3v) is 4.05. The molecular weight excluding hydrogens is 258 g/mol. The first kappa shape index (κ1) is 14.7. The lowest BCUT2D eigenvalue weighted by Gasteiger charge is -2.26. The summed E-state index contributed by atoms with van der Waals surface area (Å²) in [6.45, 7) is 0.462. The van der Waals surface area contributed by atoms with Gasteiger partial charge in [0.1, 0.15) is 17.0 Å². The minimum Gasteiger partial charge on any atom is -0.497 e. The summed E-state index contributed by atoms with van der Waals surface area (Å²) in [5.74, 6) is 0.536. The minimum absolute atomic E-state index is 0.0226. The topological polar surface area (TPSA) is 81.8 Å². The van der Waals surface area contributed by atoms with Gasteiger partial charge in [-0.15, -0.1) is 0 Å². The smallest absolute Gasteiger partial charge is 0.323 e. The van der Waals surface area contributed by atoms with Gasteiger partial charge in [-0.05, 0) is 37.3 Å². The molecule has 2 unspecified atom stereocenters. The SMILES string of the molecule is COc1cccc(OCCC2CCCC2(N)C(=O)O)c1. The highest BCUT2D eigenvalue weighted by Crippen LogP contribution is 2.36. The average molecular weight is 279 g/mol. The van der Waals surface area contributed by atoms with Crippen molar-refractivity contribution in [1.82, 2.24) is 0 Å². The lowest BCUT2D eigenvalue weighted by atomic mass is 9.86. The molecule has 0 saturated heterocycles. The van der Waals surface area contributed by atoms with Crippen molar-refractivity contribution in [2.24, 2.45) is 11.7 Å². The van der Waals surface area contributed by atoms with Crippen molar-refractivity contribution in [3.63, 3.8) is 0 Å². The molecule has 5 heteroatoms. The molecule has 1 aromatic carbocycles. The summed E-state index contributed by atoms with van der Waals surface area (Å²) in [5.41, 5.74) is 4.91. The molecule has 0 radical (unpaired) electrons. The lowest BCUT2D eigenvalue weighted by molar-refractivity contribution is -0.144. The Labute approximate surface area is 118 Å². The van der Waals surface area contributed by atoms with Crippen molar-refractivity contribution in [3.8, 4) is 11.5 Å². The second-order valence-corrected chi connectivity index (χ2v) is 5.25.